The molecule has 0 aromatic carbocycles. The molecule has 4 saturated heterocycles. The number of aliphatic hydroxyl groups excluding tert-OH is 13. The van der Waals surface area contributed by atoms with E-state index in [-0.39, 0.29) is 6.61 Å². The molecular formula is C27H43O23. The summed E-state index contributed by atoms with van der Waals surface area (Å²) in [6.07, 6.45) is -41.9. The zero-order chi connectivity index (χ0) is 37.6. The van der Waals surface area contributed by atoms with Gasteiger partial charge >= 0.3 is 11.9 Å². The number of hydrogen-bond donors (Lipinski definition) is 16. The SMILES string of the molecule is O=C(O)CC(=O)OC([C@H]1O[CH][C@@](O)([C@H]2O[C@@H](CO)[C@H](O)[C@@H](O)[C@@H]2O)[C@](O)([C@H]2O[C@@H](CO)[C@H](O)[C@@H](O)[C@@H]2O)[C@@H]1O)[C@@H]1O[C@H](CO)[C@@H](O)[C@H](O)[C@H]1O. The van der Waals surface area contributed by atoms with Gasteiger partial charge in [-0.05, 0) is 0 Å². The monoisotopic (exact) mass is 735 g/mol. The summed E-state index contributed by atoms with van der Waals surface area (Å²) in [5.41, 5.74) is -7.24. The van der Waals surface area contributed by atoms with Gasteiger partial charge in [0.2, 0.25) is 0 Å². The molecule has 4 rings (SSSR count). The smallest absolute Gasteiger partial charge is 0.317 e. The molecule has 4 fully saturated rings. The van der Waals surface area contributed by atoms with Crippen molar-refractivity contribution in [2.45, 2.75) is 127 Å². The van der Waals surface area contributed by atoms with Gasteiger partial charge in [-0.15, -0.1) is 0 Å². The van der Waals surface area contributed by atoms with E-state index in [9.17, 15) is 86.2 Å². The number of hydrogen-bond acceptors (Lipinski definition) is 22. The quantitative estimate of drug-likeness (QED) is 0.0731. The van der Waals surface area contributed by atoms with E-state index in [2.05, 4.69) is 0 Å². The second-order valence-electron chi connectivity index (χ2n) is 12.6. The van der Waals surface area contributed by atoms with Crippen molar-refractivity contribution in [1.82, 2.24) is 0 Å². The molecule has 50 heavy (non-hydrogen) atoms. The van der Waals surface area contributed by atoms with Crippen molar-refractivity contribution in [2.75, 3.05) is 19.8 Å². The summed E-state index contributed by atoms with van der Waals surface area (Å²) >= 11 is 0. The van der Waals surface area contributed by atoms with Crippen LogP contribution in [0.2, 0.25) is 0 Å². The summed E-state index contributed by atoms with van der Waals surface area (Å²) in [7, 11) is 0. The number of carbonyl (C=O) groups excluding carboxylic acids is 1. The predicted molar refractivity (Wildman–Crippen MR) is 149 cm³/mol. The number of ether oxygens (including phenoxy) is 5. The van der Waals surface area contributed by atoms with Gasteiger partial charge in [0.1, 0.15) is 117 Å². The third kappa shape index (κ3) is 6.86. The molecule has 1 unspecified atom stereocenters. The van der Waals surface area contributed by atoms with Gasteiger partial charge in [-0.1, -0.05) is 0 Å². The van der Waals surface area contributed by atoms with Gasteiger partial charge in [-0.2, -0.15) is 0 Å². The van der Waals surface area contributed by atoms with E-state index < -0.39 is 159 Å². The standard InChI is InChI=1S/C27H43O23/c28-2-6-11(34)14(37)17(40)20(47-6)21(50-10(33)1-9(31)32)22-23(43)27(45,25-19(42)16(39)13(36)8(4-30)49-25)26(44,5-46-22)24-18(41)15(38)12(35)7(3-29)48-24/h5-8,11-25,28-30,34-45H,1-4H2,(H,31,32)/t6-,7+,8+,11-,12+,13+,14+,15-,16-,17-,18+,19+,20-,21?,22-,23-,24+,25+,26-,27-/m1/s1. The maximum Gasteiger partial charge on any atom is 0.317 e. The topological polar surface area (TPSA) is 404 Å². The number of esters is 1. The van der Waals surface area contributed by atoms with Crippen LogP contribution in [0.1, 0.15) is 6.42 Å². The van der Waals surface area contributed by atoms with E-state index in [1.165, 1.54) is 0 Å². The van der Waals surface area contributed by atoms with Crippen molar-refractivity contribution in [3.63, 3.8) is 0 Å². The van der Waals surface area contributed by atoms with Crippen molar-refractivity contribution < 1.29 is 115 Å². The first-order valence-corrected chi connectivity index (χ1v) is 15.3. The molecule has 1 radical (unpaired) electrons. The van der Waals surface area contributed by atoms with Crippen LogP contribution in [0.4, 0.5) is 0 Å². The van der Waals surface area contributed by atoms with E-state index in [1.54, 1.807) is 0 Å². The van der Waals surface area contributed by atoms with Crippen molar-refractivity contribution in [3.8, 4) is 0 Å². The summed E-state index contributed by atoms with van der Waals surface area (Å²) < 4.78 is 26.8. The molecule has 4 heterocycles. The molecule has 4 aliphatic rings. The minimum Gasteiger partial charge on any atom is -0.481 e. The van der Waals surface area contributed by atoms with E-state index in [0.717, 1.165) is 0 Å². The highest BCUT2D eigenvalue weighted by Gasteiger charge is 2.74. The molecule has 0 aromatic heterocycles. The van der Waals surface area contributed by atoms with E-state index in [1.807, 2.05) is 0 Å². The molecule has 0 aromatic rings. The summed E-state index contributed by atoms with van der Waals surface area (Å²) in [6.45, 7) is -3.07. The second-order valence-corrected chi connectivity index (χ2v) is 12.6. The molecule has 289 valence electrons. The van der Waals surface area contributed by atoms with E-state index >= 15 is 0 Å². The highest BCUT2D eigenvalue weighted by Crippen LogP contribution is 2.49. The molecule has 4 aliphatic heterocycles. The van der Waals surface area contributed by atoms with Gasteiger partial charge < -0.3 is 105 Å². The first kappa shape index (κ1) is 40.9. The molecule has 23 heteroatoms. The molecule has 0 aliphatic carbocycles. The van der Waals surface area contributed by atoms with E-state index in [0.29, 0.717) is 0 Å². The summed E-state index contributed by atoms with van der Waals surface area (Å²) in [4.78, 5) is 23.9. The van der Waals surface area contributed by atoms with Crippen LogP contribution in [-0.4, -0.2) is 235 Å². The van der Waals surface area contributed by atoms with Crippen LogP contribution in [0.5, 0.6) is 0 Å². The normalized spacial score (nSPS) is 50.7. The van der Waals surface area contributed by atoms with Crippen molar-refractivity contribution in [1.29, 1.82) is 0 Å². The highest BCUT2D eigenvalue weighted by atomic mass is 16.6. The lowest BCUT2D eigenvalue weighted by molar-refractivity contribution is -0.384. The Hall–Kier alpha value is -1.82. The Balaban J connectivity index is 1.88. The Morgan fingerprint density at radius 3 is 1.54 bits per heavy atom. The summed E-state index contributed by atoms with van der Waals surface area (Å²) in [5, 5.41) is 170. The third-order valence-electron chi connectivity index (χ3n) is 9.60. The number of carboxylic acids is 1. The molecular weight excluding hydrogens is 692 g/mol. The van der Waals surface area contributed by atoms with E-state index in [4.69, 9.17) is 28.8 Å². The molecule has 23 nitrogen and oxygen atoms in total. The Morgan fingerprint density at radius 2 is 1.06 bits per heavy atom. The molecule has 0 bridgehead atoms. The number of aliphatic carboxylic acids is 1. The van der Waals surface area contributed by atoms with Crippen LogP contribution < -0.4 is 0 Å². The van der Waals surface area contributed by atoms with Gasteiger partial charge in [0.25, 0.3) is 0 Å². The average Bonchev–Trinajstić information content (AvgIpc) is 3.07. The fraction of sp³-hybridized carbons (Fsp3) is 0.889. The molecule has 16 N–H and O–H groups in total. The molecule has 0 saturated carbocycles. The zero-order valence-corrected chi connectivity index (χ0v) is 25.8. The maximum atomic E-state index is 12.6. The van der Waals surface area contributed by atoms with Crippen LogP contribution in [0.25, 0.3) is 0 Å². The summed E-state index contributed by atoms with van der Waals surface area (Å²) in [6, 6.07) is 0. The Labute approximate surface area is 281 Å². The average molecular weight is 736 g/mol. The van der Waals surface area contributed by atoms with Gasteiger partial charge in [0, 0.05) is 0 Å². The number of rotatable bonds is 10. The highest BCUT2D eigenvalue weighted by molar-refractivity contribution is 5.90. The zero-order valence-electron chi connectivity index (χ0n) is 25.8. The fourth-order valence-electron chi connectivity index (χ4n) is 6.76. The van der Waals surface area contributed by atoms with Crippen LogP contribution in [0.3, 0.4) is 0 Å². The second kappa shape index (κ2) is 15.7. The maximum absolute atomic E-state index is 12.6. The summed E-state index contributed by atoms with van der Waals surface area (Å²) in [5.74, 6) is -3.38. The van der Waals surface area contributed by atoms with Crippen LogP contribution >= 0.6 is 0 Å². The minimum absolute atomic E-state index is 0.181. The number of aliphatic hydroxyl groups is 15. The predicted octanol–water partition coefficient (Wildman–Crippen LogP) is -10.7. The largest absolute Gasteiger partial charge is 0.481 e. The molecule has 0 spiro atoms. The lowest BCUT2D eigenvalue weighted by Crippen LogP contribution is -2.84. The first-order valence-electron chi connectivity index (χ1n) is 15.3. The van der Waals surface area contributed by atoms with Gasteiger partial charge in [0.15, 0.2) is 17.3 Å². The molecule has 0 amide bonds. The van der Waals surface area contributed by atoms with Gasteiger partial charge in [0.05, 0.1) is 19.8 Å². The Kier molecular flexibility index (Phi) is 12.8. The van der Waals surface area contributed by atoms with Crippen LogP contribution in [0, 0.1) is 6.61 Å². The van der Waals surface area contributed by atoms with Gasteiger partial charge in [-0.25, -0.2) is 0 Å². The van der Waals surface area contributed by atoms with Crippen LogP contribution in [0.15, 0.2) is 0 Å². The first-order chi connectivity index (χ1) is 23.3. The lowest BCUT2D eigenvalue weighted by Gasteiger charge is -2.61. The fourth-order valence-corrected chi connectivity index (χ4v) is 6.76. The van der Waals surface area contributed by atoms with Crippen molar-refractivity contribution in [3.05, 3.63) is 6.61 Å². The Bertz CT molecular complexity index is 1170. The number of carboxylic acid groups (broad SMARTS) is 1. The molecule has 20 atom stereocenters. The lowest BCUT2D eigenvalue weighted by atomic mass is 9.63. The third-order valence-corrected chi connectivity index (χ3v) is 9.60. The van der Waals surface area contributed by atoms with Crippen molar-refractivity contribution in [2.24, 2.45) is 0 Å². The van der Waals surface area contributed by atoms with Gasteiger partial charge in [-0.3, -0.25) is 9.59 Å². The number of carbonyl (C=O) groups is 2. The van der Waals surface area contributed by atoms with Crippen LogP contribution in [-0.2, 0) is 33.3 Å². The Morgan fingerprint density at radius 1 is 0.620 bits per heavy atom. The van der Waals surface area contributed by atoms with Crippen molar-refractivity contribution >= 4 is 11.9 Å². The minimum atomic E-state index is -3.72.